The number of hydrogen-bond acceptors (Lipinski definition) is 5. The van der Waals surface area contributed by atoms with Gasteiger partial charge >= 0.3 is 0 Å². The lowest BCUT2D eigenvalue weighted by atomic mass is 10.2. The van der Waals surface area contributed by atoms with E-state index in [1.165, 1.54) is 11.8 Å². The van der Waals surface area contributed by atoms with E-state index in [2.05, 4.69) is 15.5 Å². The van der Waals surface area contributed by atoms with Gasteiger partial charge in [-0.2, -0.15) is 0 Å². The van der Waals surface area contributed by atoms with Gasteiger partial charge in [-0.1, -0.05) is 48.5 Å². The summed E-state index contributed by atoms with van der Waals surface area (Å²) in [6.45, 7) is 6.27. The van der Waals surface area contributed by atoms with Gasteiger partial charge < -0.3 is 5.32 Å². The fourth-order valence-corrected chi connectivity index (χ4v) is 4.44. The Labute approximate surface area is 188 Å². The molecule has 0 bridgehead atoms. The number of para-hydroxylation sites is 1. The Kier molecular flexibility index (Phi) is 6.02. The number of thioether (sulfide) groups is 1. The molecule has 2 heterocycles. The molecule has 0 spiro atoms. The number of carbonyl (C=O) groups is 1. The minimum atomic E-state index is -0.448. The van der Waals surface area contributed by atoms with Crippen LogP contribution in [0.5, 0.6) is 0 Å². The van der Waals surface area contributed by atoms with Gasteiger partial charge in [0.2, 0.25) is 11.7 Å². The van der Waals surface area contributed by atoms with Crippen molar-refractivity contribution in [2.75, 3.05) is 5.32 Å². The Morgan fingerprint density at radius 1 is 1.23 bits per heavy atom. The molecule has 0 saturated heterocycles. The molecule has 1 unspecified atom stereocenters. The lowest BCUT2D eigenvalue weighted by Gasteiger charge is -2.14. The maximum Gasteiger partial charge on any atom is 0.262 e. The number of carbonyl (C=O) groups excluding carboxylic acids is 1. The molecule has 0 saturated carbocycles. The van der Waals surface area contributed by atoms with Gasteiger partial charge in [0.05, 0.1) is 16.2 Å². The fourth-order valence-electron chi connectivity index (χ4n) is 3.41. The SMILES string of the molecule is CCCn1c(=O)c2ccccc2n2c(SC(C)C(=O)Nc3cc(Cl)ccc3C)nnc12. The van der Waals surface area contributed by atoms with E-state index in [1.54, 1.807) is 22.8 Å². The van der Waals surface area contributed by atoms with Gasteiger partial charge in [-0.25, -0.2) is 0 Å². The normalized spacial score (nSPS) is 12.4. The number of rotatable bonds is 6. The molecule has 0 radical (unpaired) electrons. The highest BCUT2D eigenvalue weighted by atomic mass is 35.5. The molecule has 0 aliphatic carbocycles. The third kappa shape index (κ3) is 4.05. The number of amides is 1. The molecular formula is C22H22ClN5O2S. The smallest absolute Gasteiger partial charge is 0.262 e. The quantitative estimate of drug-likeness (QED) is 0.432. The number of halogens is 1. The molecule has 1 amide bonds. The van der Waals surface area contributed by atoms with Gasteiger partial charge in [0.15, 0.2) is 5.16 Å². The van der Waals surface area contributed by atoms with Crippen molar-refractivity contribution in [1.29, 1.82) is 0 Å². The summed E-state index contributed by atoms with van der Waals surface area (Å²) in [4.78, 5) is 25.8. The molecule has 1 N–H and O–H groups in total. The Bertz CT molecular complexity index is 1350. The standard InChI is InChI=1S/C22H22ClN5O2S/c1-4-11-27-20(30)16-7-5-6-8-18(16)28-21(27)25-26-22(28)31-14(3)19(29)24-17-12-15(23)10-9-13(17)2/h5-10,12,14H,4,11H2,1-3H3,(H,24,29). The molecule has 0 fully saturated rings. The second-order valence-electron chi connectivity index (χ2n) is 7.30. The summed E-state index contributed by atoms with van der Waals surface area (Å²) in [6, 6.07) is 12.8. The van der Waals surface area contributed by atoms with E-state index in [4.69, 9.17) is 11.6 Å². The lowest BCUT2D eigenvalue weighted by molar-refractivity contribution is -0.115. The number of benzene rings is 2. The minimum Gasteiger partial charge on any atom is -0.325 e. The molecule has 4 rings (SSSR count). The van der Waals surface area contributed by atoms with Crippen molar-refractivity contribution in [3.8, 4) is 0 Å². The Balaban J connectivity index is 1.71. The van der Waals surface area contributed by atoms with Gasteiger partial charge in [0.1, 0.15) is 0 Å². The van der Waals surface area contributed by atoms with Gasteiger partial charge in [-0.05, 0) is 50.1 Å². The molecule has 31 heavy (non-hydrogen) atoms. The summed E-state index contributed by atoms with van der Waals surface area (Å²) < 4.78 is 3.49. The van der Waals surface area contributed by atoms with Crippen LogP contribution in [-0.2, 0) is 11.3 Å². The maximum atomic E-state index is 12.9. The summed E-state index contributed by atoms with van der Waals surface area (Å²) in [7, 11) is 0. The minimum absolute atomic E-state index is 0.0869. The van der Waals surface area contributed by atoms with E-state index in [0.29, 0.717) is 33.6 Å². The van der Waals surface area contributed by atoms with E-state index in [0.717, 1.165) is 17.5 Å². The van der Waals surface area contributed by atoms with E-state index >= 15 is 0 Å². The second kappa shape index (κ2) is 8.72. The number of aromatic nitrogens is 4. The first-order chi connectivity index (χ1) is 14.9. The zero-order chi connectivity index (χ0) is 22.1. The van der Waals surface area contributed by atoms with Crippen LogP contribution in [-0.4, -0.2) is 30.3 Å². The Hall–Kier alpha value is -2.84. The summed E-state index contributed by atoms with van der Waals surface area (Å²) in [6.07, 6.45) is 0.793. The van der Waals surface area contributed by atoms with Crippen LogP contribution in [0.25, 0.3) is 16.7 Å². The van der Waals surface area contributed by atoms with Crippen LogP contribution < -0.4 is 10.9 Å². The van der Waals surface area contributed by atoms with Crippen molar-refractivity contribution < 1.29 is 4.79 Å². The molecule has 2 aromatic heterocycles. The van der Waals surface area contributed by atoms with Gasteiger partial charge in [0, 0.05) is 17.3 Å². The first kappa shape index (κ1) is 21.4. The summed E-state index contributed by atoms with van der Waals surface area (Å²) in [5.41, 5.74) is 2.24. The molecular weight excluding hydrogens is 434 g/mol. The van der Waals surface area contributed by atoms with Crippen molar-refractivity contribution >= 4 is 51.6 Å². The first-order valence-electron chi connectivity index (χ1n) is 10.0. The Morgan fingerprint density at radius 3 is 2.77 bits per heavy atom. The van der Waals surface area contributed by atoms with Gasteiger partial charge in [-0.3, -0.25) is 18.6 Å². The second-order valence-corrected chi connectivity index (χ2v) is 9.04. The van der Waals surface area contributed by atoms with Crippen molar-refractivity contribution in [2.24, 2.45) is 0 Å². The molecule has 0 aliphatic rings. The third-order valence-electron chi connectivity index (χ3n) is 5.03. The zero-order valence-corrected chi connectivity index (χ0v) is 19.0. The van der Waals surface area contributed by atoms with Crippen molar-refractivity contribution in [3.05, 3.63) is 63.4 Å². The fraction of sp³-hybridized carbons (Fsp3) is 0.273. The predicted octanol–water partition coefficient (Wildman–Crippen LogP) is 4.54. The van der Waals surface area contributed by atoms with Crippen molar-refractivity contribution in [3.63, 3.8) is 0 Å². The Morgan fingerprint density at radius 2 is 2.00 bits per heavy atom. The predicted molar refractivity (Wildman–Crippen MR) is 125 cm³/mol. The molecule has 1 atom stereocenters. The van der Waals surface area contributed by atoms with Crippen LogP contribution >= 0.6 is 23.4 Å². The molecule has 7 nitrogen and oxygen atoms in total. The largest absolute Gasteiger partial charge is 0.325 e. The number of aryl methyl sites for hydroxylation is 2. The van der Waals surface area contributed by atoms with Gasteiger partial charge in [-0.15, -0.1) is 10.2 Å². The number of fused-ring (bicyclic) bond motifs is 3. The summed E-state index contributed by atoms with van der Waals surface area (Å²) in [5.74, 6) is 0.310. The van der Waals surface area contributed by atoms with Crippen LogP contribution in [0.2, 0.25) is 5.02 Å². The van der Waals surface area contributed by atoms with E-state index in [-0.39, 0.29) is 11.5 Å². The van der Waals surface area contributed by atoms with E-state index < -0.39 is 5.25 Å². The molecule has 2 aromatic carbocycles. The lowest BCUT2D eigenvalue weighted by Crippen LogP contribution is -2.24. The maximum absolute atomic E-state index is 12.9. The molecule has 4 aromatic rings. The van der Waals surface area contributed by atoms with Crippen LogP contribution in [0.15, 0.2) is 52.4 Å². The highest BCUT2D eigenvalue weighted by Gasteiger charge is 2.22. The first-order valence-corrected chi connectivity index (χ1v) is 11.3. The third-order valence-corrected chi connectivity index (χ3v) is 6.31. The van der Waals surface area contributed by atoms with Crippen LogP contribution in [0.1, 0.15) is 25.8 Å². The average Bonchev–Trinajstić information content (AvgIpc) is 3.17. The highest BCUT2D eigenvalue weighted by Crippen LogP contribution is 2.27. The number of nitrogens with zero attached hydrogens (tertiary/aromatic N) is 4. The van der Waals surface area contributed by atoms with Gasteiger partial charge in [0.25, 0.3) is 5.56 Å². The topological polar surface area (TPSA) is 81.3 Å². The number of nitrogens with one attached hydrogen (secondary N) is 1. The van der Waals surface area contributed by atoms with Crippen LogP contribution in [0.3, 0.4) is 0 Å². The van der Waals surface area contributed by atoms with Crippen molar-refractivity contribution in [1.82, 2.24) is 19.2 Å². The summed E-state index contributed by atoms with van der Waals surface area (Å²) in [5, 5.41) is 12.8. The summed E-state index contributed by atoms with van der Waals surface area (Å²) >= 11 is 7.36. The highest BCUT2D eigenvalue weighted by molar-refractivity contribution is 8.00. The average molecular weight is 456 g/mol. The monoisotopic (exact) mass is 455 g/mol. The van der Waals surface area contributed by atoms with E-state index in [9.17, 15) is 9.59 Å². The molecule has 160 valence electrons. The zero-order valence-electron chi connectivity index (χ0n) is 17.4. The molecule has 9 heteroatoms. The number of anilines is 1. The number of hydrogen-bond donors (Lipinski definition) is 1. The van der Waals surface area contributed by atoms with E-state index in [1.807, 2.05) is 49.4 Å². The molecule has 0 aliphatic heterocycles. The van der Waals surface area contributed by atoms with Crippen LogP contribution in [0.4, 0.5) is 5.69 Å². The van der Waals surface area contributed by atoms with Crippen molar-refractivity contribution in [2.45, 2.75) is 44.1 Å². The van der Waals surface area contributed by atoms with Crippen LogP contribution in [0, 0.1) is 6.92 Å².